The van der Waals surface area contributed by atoms with Gasteiger partial charge in [-0.2, -0.15) is 5.26 Å². The molecule has 17 heavy (non-hydrogen) atoms. The molecule has 90 valence electrons. The number of nitrogens with zero attached hydrogens (tertiary/aromatic N) is 1. The number of hydrogen-bond donors (Lipinski definition) is 1. The SMILES string of the molecule is CC(C)(CBr)CNC(=O)c1ccc(C#N)cc1. The van der Waals surface area contributed by atoms with Crippen LogP contribution < -0.4 is 5.32 Å². The third-order valence-electron chi connectivity index (χ3n) is 2.37. The van der Waals surface area contributed by atoms with E-state index in [0.29, 0.717) is 17.7 Å². The summed E-state index contributed by atoms with van der Waals surface area (Å²) in [6.45, 7) is 4.75. The van der Waals surface area contributed by atoms with Crippen LogP contribution in [-0.4, -0.2) is 17.8 Å². The van der Waals surface area contributed by atoms with Crippen molar-refractivity contribution in [3.63, 3.8) is 0 Å². The Kier molecular flexibility index (Phi) is 4.71. The number of carbonyl (C=O) groups is 1. The molecule has 0 aliphatic heterocycles. The average molecular weight is 295 g/mol. The zero-order valence-electron chi connectivity index (χ0n) is 9.96. The van der Waals surface area contributed by atoms with Gasteiger partial charge in [0, 0.05) is 17.4 Å². The Bertz CT molecular complexity index is 432. The van der Waals surface area contributed by atoms with E-state index in [4.69, 9.17) is 5.26 Å². The molecule has 1 amide bonds. The smallest absolute Gasteiger partial charge is 0.251 e. The molecule has 3 nitrogen and oxygen atoms in total. The van der Waals surface area contributed by atoms with Crippen molar-refractivity contribution in [3.05, 3.63) is 35.4 Å². The quantitative estimate of drug-likeness (QED) is 0.868. The molecule has 0 aliphatic carbocycles. The Morgan fingerprint density at radius 1 is 1.41 bits per heavy atom. The first-order chi connectivity index (χ1) is 7.98. The van der Waals surface area contributed by atoms with Gasteiger partial charge in [0.25, 0.3) is 5.91 Å². The molecule has 1 aromatic carbocycles. The van der Waals surface area contributed by atoms with E-state index in [9.17, 15) is 4.79 Å². The van der Waals surface area contributed by atoms with Gasteiger partial charge in [-0.3, -0.25) is 4.79 Å². The van der Waals surface area contributed by atoms with Crippen LogP contribution in [0.3, 0.4) is 0 Å². The van der Waals surface area contributed by atoms with E-state index in [1.54, 1.807) is 24.3 Å². The van der Waals surface area contributed by atoms with Crippen LogP contribution in [0, 0.1) is 16.7 Å². The zero-order valence-corrected chi connectivity index (χ0v) is 11.5. The molecule has 0 heterocycles. The number of carbonyl (C=O) groups excluding carboxylic acids is 1. The third-order valence-corrected chi connectivity index (χ3v) is 3.88. The largest absolute Gasteiger partial charge is 0.351 e. The highest BCUT2D eigenvalue weighted by atomic mass is 79.9. The Labute approximate surface area is 110 Å². The monoisotopic (exact) mass is 294 g/mol. The summed E-state index contributed by atoms with van der Waals surface area (Å²) in [6, 6.07) is 8.63. The lowest BCUT2D eigenvalue weighted by molar-refractivity contribution is 0.0940. The molecule has 0 unspecified atom stereocenters. The Balaban J connectivity index is 2.62. The number of halogens is 1. The predicted molar refractivity (Wildman–Crippen MR) is 71.1 cm³/mol. The van der Waals surface area contributed by atoms with E-state index in [-0.39, 0.29) is 11.3 Å². The maximum absolute atomic E-state index is 11.8. The molecule has 1 aromatic rings. The maximum Gasteiger partial charge on any atom is 0.251 e. The van der Waals surface area contributed by atoms with E-state index < -0.39 is 0 Å². The van der Waals surface area contributed by atoms with Gasteiger partial charge in [0.1, 0.15) is 0 Å². The third kappa shape index (κ3) is 4.20. The molecule has 0 aliphatic rings. The van der Waals surface area contributed by atoms with Crippen LogP contribution in [0.2, 0.25) is 0 Å². The van der Waals surface area contributed by atoms with Crippen molar-refractivity contribution in [1.82, 2.24) is 5.32 Å². The number of benzene rings is 1. The lowest BCUT2D eigenvalue weighted by atomic mass is 9.97. The molecule has 0 spiro atoms. The maximum atomic E-state index is 11.8. The summed E-state index contributed by atoms with van der Waals surface area (Å²) in [5.74, 6) is -0.108. The number of nitrogens with one attached hydrogen (secondary N) is 1. The van der Waals surface area contributed by atoms with Gasteiger partial charge in [-0.1, -0.05) is 29.8 Å². The van der Waals surface area contributed by atoms with Crippen molar-refractivity contribution in [1.29, 1.82) is 5.26 Å². The summed E-state index contributed by atoms with van der Waals surface area (Å²) in [4.78, 5) is 11.8. The molecule has 4 heteroatoms. The van der Waals surface area contributed by atoms with Crippen molar-refractivity contribution in [2.75, 3.05) is 11.9 Å². The van der Waals surface area contributed by atoms with E-state index in [1.807, 2.05) is 6.07 Å². The molecule has 0 aromatic heterocycles. The summed E-state index contributed by atoms with van der Waals surface area (Å²) in [5.41, 5.74) is 1.17. The predicted octanol–water partition coefficient (Wildman–Crippen LogP) is 2.71. The minimum atomic E-state index is -0.108. The normalized spacial score (nSPS) is 10.7. The summed E-state index contributed by atoms with van der Waals surface area (Å²) >= 11 is 3.41. The molecule has 0 bridgehead atoms. The van der Waals surface area contributed by atoms with Gasteiger partial charge in [-0.25, -0.2) is 0 Å². The fourth-order valence-electron chi connectivity index (χ4n) is 1.17. The fourth-order valence-corrected chi connectivity index (χ4v) is 1.36. The summed E-state index contributed by atoms with van der Waals surface area (Å²) in [6.07, 6.45) is 0. The van der Waals surface area contributed by atoms with Gasteiger partial charge in [-0.05, 0) is 29.7 Å². The van der Waals surface area contributed by atoms with E-state index in [0.717, 1.165) is 5.33 Å². The van der Waals surface area contributed by atoms with E-state index >= 15 is 0 Å². The molecule has 0 fully saturated rings. The van der Waals surface area contributed by atoms with Gasteiger partial charge in [0.15, 0.2) is 0 Å². The van der Waals surface area contributed by atoms with Crippen LogP contribution in [0.5, 0.6) is 0 Å². The van der Waals surface area contributed by atoms with Crippen molar-refractivity contribution in [2.24, 2.45) is 5.41 Å². The molecule has 0 atom stereocenters. The van der Waals surface area contributed by atoms with Crippen LogP contribution >= 0.6 is 15.9 Å². The van der Waals surface area contributed by atoms with Crippen LogP contribution in [0.15, 0.2) is 24.3 Å². The molecule has 0 saturated carbocycles. The minimum Gasteiger partial charge on any atom is -0.351 e. The second kappa shape index (κ2) is 5.83. The Hall–Kier alpha value is -1.34. The number of rotatable bonds is 4. The molecular weight excluding hydrogens is 280 g/mol. The molecule has 0 saturated heterocycles. The van der Waals surface area contributed by atoms with Gasteiger partial charge in [0.2, 0.25) is 0 Å². The van der Waals surface area contributed by atoms with Gasteiger partial charge >= 0.3 is 0 Å². The Morgan fingerprint density at radius 2 is 2.00 bits per heavy atom. The minimum absolute atomic E-state index is 0.0300. The molecule has 0 radical (unpaired) electrons. The standard InChI is InChI=1S/C13H15BrN2O/c1-13(2,8-14)9-16-12(17)11-5-3-10(7-15)4-6-11/h3-6H,8-9H2,1-2H3,(H,16,17). The van der Waals surface area contributed by atoms with Crippen LogP contribution in [0.1, 0.15) is 29.8 Å². The molecular formula is C13H15BrN2O. The number of amides is 1. The number of nitriles is 1. The highest BCUT2D eigenvalue weighted by Gasteiger charge is 2.17. The average Bonchev–Trinajstić information content (AvgIpc) is 2.36. The second-order valence-corrected chi connectivity index (χ2v) is 5.23. The first kappa shape index (κ1) is 13.7. The first-order valence-corrected chi connectivity index (χ1v) is 6.45. The Morgan fingerprint density at radius 3 is 2.47 bits per heavy atom. The summed E-state index contributed by atoms with van der Waals surface area (Å²) in [5, 5.41) is 12.4. The highest BCUT2D eigenvalue weighted by molar-refractivity contribution is 9.09. The summed E-state index contributed by atoms with van der Waals surface area (Å²) < 4.78 is 0. The van der Waals surface area contributed by atoms with Crippen molar-refractivity contribution in [2.45, 2.75) is 13.8 Å². The summed E-state index contributed by atoms with van der Waals surface area (Å²) in [7, 11) is 0. The van der Waals surface area contributed by atoms with E-state index in [2.05, 4.69) is 35.1 Å². The first-order valence-electron chi connectivity index (χ1n) is 5.33. The van der Waals surface area contributed by atoms with Crippen molar-refractivity contribution < 1.29 is 4.79 Å². The van der Waals surface area contributed by atoms with Crippen molar-refractivity contribution >= 4 is 21.8 Å². The highest BCUT2D eigenvalue weighted by Crippen LogP contribution is 2.16. The second-order valence-electron chi connectivity index (χ2n) is 4.67. The number of alkyl halides is 1. The van der Waals surface area contributed by atoms with Gasteiger partial charge < -0.3 is 5.32 Å². The van der Waals surface area contributed by atoms with E-state index in [1.165, 1.54) is 0 Å². The van der Waals surface area contributed by atoms with Crippen LogP contribution in [-0.2, 0) is 0 Å². The fraction of sp³-hybridized carbons (Fsp3) is 0.385. The topological polar surface area (TPSA) is 52.9 Å². The molecule has 1 rings (SSSR count). The van der Waals surface area contributed by atoms with Crippen LogP contribution in [0.25, 0.3) is 0 Å². The zero-order chi connectivity index (χ0) is 12.9. The molecule has 1 N–H and O–H groups in total. The number of hydrogen-bond acceptors (Lipinski definition) is 2. The lowest BCUT2D eigenvalue weighted by Gasteiger charge is -2.21. The van der Waals surface area contributed by atoms with Gasteiger partial charge in [-0.15, -0.1) is 0 Å². The van der Waals surface area contributed by atoms with Gasteiger partial charge in [0.05, 0.1) is 11.6 Å². The van der Waals surface area contributed by atoms with Crippen LogP contribution in [0.4, 0.5) is 0 Å². The van der Waals surface area contributed by atoms with Crippen molar-refractivity contribution in [3.8, 4) is 6.07 Å². The lowest BCUT2D eigenvalue weighted by Crippen LogP contribution is -2.34.